The molecule has 0 bridgehead atoms. The fourth-order valence-electron chi connectivity index (χ4n) is 1.71. The summed E-state index contributed by atoms with van der Waals surface area (Å²) in [6.45, 7) is 4.25. The number of carboxylic acids is 1. The highest BCUT2D eigenvalue weighted by Gasteiger charge is 2.09. The minimum Gasteiger partial charge on any atom is -0.477 e. The van der Waals surface area contributed by atoms with Gasteiger partial charge in [0.1, 0.15) is 5.69 Å². The van der Waals surface area contributed by atoms with E-state index in [4.69, 9.17) is 10.2 Å². The number of hydrogen-bond acceptors (Lipinski definition) is 4. The molecule has 0 saturated carbocycles. The molecule has 2 N–H and O–H groups in total. The van der Waals surface area contributed by atoms with Gasteiger partial charge in [-0.1, -0.05) is 19.4 Å². The lowest BCUT2D eigenvalue weighted by molar-refractivity contribution is 0.0689. The molecular weight excluding hydrogens is 232 g/mol. The topological polar surface area (TPSA) is 73.7 Å². The number of unbranched alkanes of at least 4 members (excludes halogenated alkanes) is 1. The Morgan fingerprint density at radius 1 is 1.39 bits per heavy atom. The summed E-state index contributed by atoms with van der Waals surface area (Å²) in [4.78, 5) is 17.0. The summed E-state index contributed by atoms with van der Waals surface area (Å²) in [5, 5.41) is 17.9. The van der Waals surface area contributed by atoms with Gasteiger partial charge < -0.3 is 10.2 Å². The molecule has 0 aliphatic heterocycles. The minimum atomic E-state index is -1.01. The Balaban J connectivity index is 2.67. The lowest BCUT2D eigenvalue weighted by Gasteiger charge is -2.20. The number of aromatic carboxylic acids is 1. The first-order valence-corrected chi connectivity index (χ1v) is 6.19. The average Bonchev–Trinajstić information content (AvgIpc) is 2.36. The van der Waals surface area contributed by atoms with Gasteiger partial charge in [0.25, 0.3) is 0 Å². The van der Waals surface area contributed by atoms with E-state index in [1.54, 1.807) is 6.07 Å². The quantitative estimate of drug-likeness (QED) is 0.731. The van der Waals surface area contributed by atoms with Gasteiger partial charge >= 0.3 is 5.97 Å². The Bertz CT molecular complexity index is 382. The van der Waals surface area contributed by atoms with Crippen LogP contribution in [-0.4, -0.2) is 45.8 Å². The van der Waals surface area contributed by atoms with Crippen LogP contribution in [-0.2, 0) is 6.54 Å². The van der Waals surface area contributed by atoms with E-state index in [0.29, 0.717) is 13.1 Å². The van der Waals surface area contributed by atoms with E-state index >= 15 is 0 Å². The molecule has 1 heterocycles. The largest absolute Gasteiger partial charge is 0.477 e. The number of hydrogen-bond donors (Lipinski definition) is 2. The van der Waals surface area contributed by atoms with Crippen LogP contribution in [0.25, 0.3) is 0 Å². The Morgan fingerprint density at radius 2 is 2.17 bits per heavy atom. The second-order valence-electron chi connectivity index (χ2n) is 4.17. The van der Waals surface area contributed by atoms with E-state index in [2.05, 4.69) is 16.8 Å². The van der Waals surface area contributed by atoms with Crippen molar-refractivity contribution in [3.05, 3.63) is 29.6 Å². The SMILES string of the molecule is CCCCN(CCO)Cc1cccc(C(=O)O)n1. The van der Waals surface area contributed by atoms with Crippen LogP contribution < -0.4 is 0 Å². The van der Waals surface area contributed by atoms with Crippen molar-refractivity contribution in [2.45, 2.75) is 26.3 Å². The van der Waals surface area contributed by atoms with E-state index in [1.165, 1.54) is 6.07 Å². The van der Waals surface area contributed by atoms with Gasteiger partial charge in [-0.15, -0.1) is 0 Å². The normalized spacial score (nSPS) is 10.8. The molecule has 0 saturated heterocycles. The van der Waals surface area contributed by atoms with Gasteiger partial charge in [-0.05, 0) is 25.1 Å². The van der Waals surface area contributed by atoms with Crippen LogP contribution in [0.3, 0.4) is 0 Å². The molecule has 0 aromatic carbocycles. The van der Waals surface area contributed by atoms with Crippen molar-refractivity contribution in [3.63, 3.8) is 0 Å². The molecule has 1 aromatic heterocycles. The lowest BCUT2D eigenvalue weighted by atomic mass is 10.2. The third-order valence-corrected chi connectivity index (χ3v) is 2.66. The van der Waals surface area contributed by atoms with Gasteiger partial charge in [0.15, 0.2) is 0 Å². The molecule has 1 aromatic rings. The summed E-state index contributed by atoms with van der Waals surface area (Å²) < 4.78 is 0. The molecule has 0 atom stereocenters. The highest BCUT2D eigenvalue weighted by molar-refractivity contribution is 5.85. The Labute approximate surface area is 107 Å². The zero-order valence-electron chi connectivity index (χ0n) is 10.7. The van der Waals surface area contributed by atoms with E-state index in [9.17, 15) is 4.79 Å². The molecule has 1 rings (SSSR count). The van der Waals surface area contributed by atoms with Crippen LogP contribution >= 0.6 is 0 Å². The van der Waals surface area contributed by atoms with Crippen LogP contribution in [0, 0.1) is 0 Å². The van der Waals surface area contributed by atoms with E-state index < -0.39 is 5.97 Å². The molecule has 5 heteroatoms. The van der Waals surface area contributed by atoms with E-state index in [0.717, 1.165) is 25.1 Å². The van der Waals surface area contributed by atoms with Crippen molar-refractivity contribution < 1.29 is 15.0 Å². The number of aliphatic hydroxyl groups excluding tert-OH is 1. The van der Waals surface area contributed by atoms with E-state index in [1.807, 2.05) is 6.07 Å². The number of carboxylic acid groups (broad SMARTS) is 1. The second-order valence-corrected chi connectivity index (χ2v) is 4.17. The maximum atomic E-state index is 10.8. The molecule has 0 spiro atoms. The van der Waals surface area contributed by atoms with Crippen molar-refractivity contribution in [2.24, 2.45) is 0 Å². The number of carbonyl (C=O) groups is 1. The number of rotatable bonds is 8. The zero-order valence-corrected chi connectivity index (χ0v) is 10.7. The fourth-order valence-corrected chi connectivity index (χ4v) is 1.71. The molecule has 100 valence electrons. The third kappa shape index (κ3) is 4.81. The first-order chi connectivity index (χ1) is 8.67. The molecule has 5 nitrogen and oxygen atoms in total. The first-order valence-electron chi connectivity index (χ1n) is 6.19. The highest BCUT2D eigenvalue weighted by Crippen LogP contribution is 2.05. The average molecular weight is 252 g/mol. The Kier molecular flexibility index (Phi) is 6.32. The van der Waals surface area contributed by atoms with Crippen LogP contribution in [0.15, 0.2) is 18.2 Å². The highest BCUT2D eigenvalue weighted by atomic mass is 16.4. The van der Waals surface area contributed by atoms with Crippen molar-refractivity contribution in [1.29, 1.82) is 0 Å². The fraction of sp³-hybridized carbons (Fsp3) is 0.538. The van der Waals surface area contributed by atoms with Crippen molar-refractivity contribution in [2.75, 3.05) is 19.7 Å². The van der Waals surface area contributed by atoms with Crippen LogP contribution in [0.4, 0.5) is 0 Å². The molecule has 18 heavy (non-hydrogen) atoms. The minimum absolute atomic E-state index is 0.0620. The number of aromatic nitrogens is 1. The lowest BCUT2D eigenvalue weighted by Crippen LogP contribution is -2.28. The van der Waals surface area contributed by atoms with Crippen LogP contribution in [0.5, 0.6) is 0 Å². The molecular formula is C13H20N2O3. The van der Waals surface area contributed by atoms with Crippen LogP contribution in [0.1, 0.15) is 35.9 Å². The summed E-state index contributed by atoms with van der Waals surface area (Å²) >= 11 is 0. The Hall–Kier alpha value is -1.46. The number of nitrogens with zero attached hydrogens (tertiary/aromatic N) is 2. The molecule has 0 aliphatic rings. The van der Waals surface area contributed by atoms with Gasteiger partial charge in [-0.25, -0.2) is 9.78 Å². The third-order valence-electron chi connectivity index (χ3n) is 2.66. The maximum absolute atomic E-state index is 10.8. The van der Waals surface area contributed by atoms with Gasteiger partial charge in [0.05, 0.1) is 12.3 Å². The maximum Gasteiger partial charge on any atom is 0.354 e. The standard InChI is InChI=1S/C13H20N2O3/c1-2-3-7-15(8-9-16)10-11-5-4-6-12(14-11)13(17)18/h4-6,16H,2-3,7-10H2,1H3,(H,17,18). The molecule has 0 fully saturated rings. The zero-order chi connectivity index (χ0) is 13.4. The summed E-state index contributed by atoms with van der Waals surface area (Å²) in [5.41, 5.74) is 0.784. The molecule has 0 amide bonds. The van der Waals surface area contributed by atoms with Crippen LogP contribution in [0.2, 0.25) is 0 Å². The van der Waals surface area contributed by atoms with Gasteiger partial charge in [0, 0.05) is 13.1 Å². The predicted octanol–water partition coefficient (Wildman–Crippen LogP) is 1.37. The van der Waals surface area contributed by atoms with Gasteiger partial charge in [-0.3, -0.25) is 4.90 Å². The van der Waals surface area contributed by atoms with Crippen molar-refractivity contribution >= 4 is 5.97 Å². The first kappa shape index (κ1) is 14.6. The summed E-state index contributed by atoms with van der Waals surface area (Å²) in [6.07, 6.45) is 2.14. The molecule has 0 unspecified atom stereocenters. The molecule has 0 radical (unpaired) electrons. The Morgan fingerprint density at radius 3 is 2.78 bits per heavy atom. The predicted molar refractivity (Wildman–Crippen MR) is 68.5 cm³/mol. The molecule has 0 aliphatic carbocycles. The number of aliphatic hydroxyl groups is 1. The number of pyridine rings is 1. The van der Waals surface area contributed by atoms with Crippen molar-refractivity contribution in [1.82, 2.24) is 9.88 Å². The van der Waals surface area contributed by atoms with Crippen molar-refractivity contribution in [3.8, 4) is 0 Å². The summed E-state index contributed by atoms with van der Waals surface area (Å²) in [7, 11) is 0. The van der Waals surface area contributed by atoms with E-state index in [-0.39, 0.29) is 12.3 Å². The van der Waals surface area contributed by atoms with Gasteiger partial charge in [0.2, 0.25) is 0 Å². The monoisotopic (exact) mass is 252 g/mol. The smallest absolute Gasteiger partial charge is 0.354 e. The summed E-state index contributed by atoms with van der Waals surface area (Å²) in [5.74, 6) is -1.01. The van der Waals surface area contributed by atoms with Gasteiger partial charge in [-0.2, -0.15) is 0 Å². The summed E-state index contributed by atoms with van der Waals surface area (Å²) in [6, 6.07) is 4.99. The second kappa shape index (κ2) is 7.79.